The van der Waals surface area contributed by atoms with Gasteiger partial charge in [0.25, 0.3) is 0 Å². The minimum absolute atomic E-state index is 0.0501. The Morgan fingerprint density at radius 2 is 1.95 bits per heavy atom. The molecule has 0 aromatic heterocycles. The summed E-state index contributed by atoms with van der Waals surface area (Å²) in [6.45, 7) is 5.62. The number of carboxylic acids is 1. The summed E-state index contributed by atoms with van der Waals surface area (Å²) in [6, 6.07) is 4.83. The van der Waals surface area contributed by atoms with E-state index >= 15 is 0 Å². The predicted octanol–water partition coefficient (Wildman–Crippen LogP) is 2.79. The summed E-state index contributed by atoms with van der Waals surface area (Å²) in [6.07, 6.45) is 2.62. The fourth-order valence-electron chi connectivity index (χ4n) is 2.07. The molecule has 0 fully saturated rings. The Bertz CT molecular complexity index is 512. The van der Waals surface area contributed by atoms with Crippen molar-refractivity contribution in [1.29, 1.82) is 0 Å². The van der Waals surface area contributed by atoms with Gasteiger partial charge in [-0.2, -0.15) is 0 Å². The van der Waals surface area contributed by atoms with Crippen molar-refractivity contribution in [3.63, 3.8) is 0 Å². The van der Waals surface area contributed by atoms with Gasteiger partial charge in [0, 0.05) is 17.6 Å². The average molecular weight is 292 g/mol. The highest BCUT2D eigenvalue weighted by molar-refractivity contribution is 5.94. The molecular weight excluding hydrogens is 268 g/mol. The number of nitrogens with one attached hydrogen (secondary N) is 1. The van der Waals surface area contributed by atoms with E-state index in [2.05, 4.69) is 5.32 Å². The summed E-state index contributed by atoms with van der Waals surface area (Å²) in [7, 11) is 0. The minimum Gasteiger partial charge on any atom is -0.478 e. The van der Waals surface area contributed by atoms with Gasteiger partial charge < -0.3 is 16.2 Å². The second-order valence-electron chi connectivity index (χ2n) is 5.63. The molecule has 1 aromatic rings. The molecule has 116 valence electrons. The standard InChI is InChI=1S/C16H24N2O3/c1-10(5-4-6-12(3)17)15(19)18-14-8-7-13(16(20)21)9-11(14)2/h7-10,12H,4-6,17H2,1-3H3,(H,18,19)(H,20,21). The molecule has 0 radical (unpaired) electrons. The first kappa shape index (κ1) is 17.2. The van der Waals surface area contributed by atoms with Crippen molar-refractivity contribution < 1.29 is 14.7 Å². The lowest BCUT2D eigenvalue weighted by atomic mass is 10.0. The van der Waals surface area contributed by atoms with E-state index in [0.29, 0.717) is 5.69 Å². The summed E-state index contributed by atoms with van der Waals surface area (Å²) in [5, 5.41) is 11.8. The molecule has 0 heterocycles. The Morgan fingerprint density at radius 3 is 2.48 bits per heavy atom. The van der Waals surface area contributed by atoms with E-state index in [1.807, 2.05) is 13.8 Å². The molecule has 0 aliphatic rings. The van der Waals surface area contributed by atoms with Crippen LogP contribution in [0.1, 0.15) is 49.0 Å². The van der Waals surface area contributed by atoms with Crippen LogP contribution in [0.15, 0.2) is 18.2 Å². The Morgan fingerprint density at radius 1 is 1.29 bits per heavy atom. The van der Waals surface area contributed by atoms with Crippen LogP contribution in [0.3, 0.4) is 0 Å². The second kappa shape index (κ2) is 7.78. The fraction of sp³-hybridized carbons (Fsp3) is 0.500. The van der Waals surface area contributed by atoms with Crippen LogP contribution < -0.4 is 11.1 Å². The zero-order valence-electron chi connectivity index (χ0n) is 12.8. The van der Waals surface area contributed by atoms with Crippen molar-refractivity contribution >= 4 is 17.6 Å². The van der Waals surface area contributed by atoms with Crippen molar-refractivity contribution in [2.75, 3.05) is 5.32 Å². The van der Waals surface area contributed by atoms with E-state index in [1.165, 1.54) is 6.07 Å². The third-order valence-corrected chi connectivity index (χ3v) is 3.48. The number of aromatic carboxylic acids is 1. The molecule has 4 N–H and O–H groups in total. The summed E-state index contributed by atoms with van der Waals surface area (Å²) < 4.78 is 0. The van der Waals surface area contributed by atoms with Gasteiger partial charge in [0.1, 0.15) is 0 Å². The zero-order chi connectivity index (χ0) is 16.0. The molecule has 0 saturated heterocycles. The average Bonchev–Trinajstić information content (AvgIpc) is 2.40. The van der Waals surface area contributed by atoms with E-state index in [-0.39, 0.29) is 23.4 Å². The fourth-order valence-corrected chi connectivity index (χ4v) is 2.07. The first-order valence-electron chi connectivity index (χ1n) is 7.21. The molecule has 0 aliphatic carbocycles. The quantitative estimate of drug-likeness (QED) is 0.720. The van der Waals surface area contributed by atoms with E-state index in [0.717, 1.165) is 24.8 Å². The third-order valence-electron chi connectivity index (χ3n) is 3.48. The van der Waals surface area contributed by atoms with Crippen LogP contribution in [0.2, 0.25) is 0 Å². The van der Waals surface area contributed by atoms with Crippen molar-refractivity contribution in [3.8, 4) is 0 Å². The highest BCUT2D eigenvalue weighted by atomic mass is 16.4. The van der Waals surface area contributed by atoms with Crippen molar-refractivity contribution in [3.05, 3.63) is 29.3 Å². The number of benzene rings is 1. The normalized spacial score (nSPS) is 13.5. The van der Waals surface area contributed by atoms with Gasteiger partial charge in [-0.25, -0.2) is 4.79 Å². The smallest absolute Gasteiger partial charge is 0.335 e. The van der Waals surface area contributed by atoms with Crippen LogP contribution in [0, 0.1) is 12.8 Å². The van der Waals surface area contributed by atoms with Crippen LogP contribution in [-0.2, 0) is 4.79 Å². The topological polar surface area (TPSA) is 92.4 Å². The maximum absolute atomic E-state index is 12.1. The van der Waals surface area contributed by atoms with E-state index in [4.69, 9.17) is 10.8 Å². The number of carbonyl (C=O) groups is 2. The number of amides is 1. The lowest BCUT2D eigenvalue weighted by molar-refractivity contribution is -0.119. The van der Waals surface area contributed by atoms with Gasteiger partial charge in [-0.15, -0.1) is 0 Å². The molecule has 1 rings (SSSR count). The molecule has 5 nitrogen and oxygen atoms in total. The molecule has 5 heteroatoms. The first-order chi connectivity index (χ1) is 9.81. The number of carbonyl (C=O) groups excluding carboxylic acids is 1. The Balaban J connectivity index is 2.60. The van der Waals surface area contributed by atoms with Crippen LogP contribution in [0.4, 0.5) is 5.69 Å². The summed E-state index contributed by atoms with van der Waals surface area (Å²) in [5.41, 5.74) is 7.30. The highest BCUT2D eigenvalue weighted by Crippen LogP contribution is 2.19. The lowest BCUT2D eigenvalue weighted by Gasteiger charge is -2.14. The molecule has 1 aromatic carbocycles. The second-order valence-corrected chi connectivity index (χ2v) is 5.63. The Labute approximate surface area is 125 Å². The van der Waals surface area contributed by atoms with Gasteiger partial charge in [0.15, 0.2) is 0 Å². The van der Waals surface area contributed by atoms with Crippen LogP contribution in [-0.4, -0.2) is 23.0 Å². The number of anilines is 1. The van der Waals surface area contributed by atoms with Crippen molar-refractivity contribution in [1.82, 2.24) is 0 Å². The van der Waals surface area contributed by atoms with Crippen molar-refractivity contribution in [2.24, 2.45) is 11.7 Å². The zero-order valence-corrected chi connectivity index (χ0v) is 12.8. The molecule has 2 unspecified atom stereocenters. The monoisotopic (exact) mass is 292 g/mol. The van der Waals surface area contributed by atoms with Gasteiger partial charge in [-0.1, -0.05) is 13.3 Å². The van der Waals surface area contributed by atoms with E-state index in [9.17, 15) is 9.59 Å². The van der Waals surface area contributed by atoms with Gasteiger partial charge in [0.2, 0.25) is 5.91 Å². The van der Waals surface area contributed by atoms with Gasteiger partial charge in [-0.3, -0.25) is 4.79 Å². The van der Waals surface area contributed by atoms with Gasteiger partial charge >= 0.3 is 5.97 Å². The molecule has 0 bridgehead atoms. The molecular formula is C16H24N2O3. The number of nitrogens with two attached hydrogens (primary N) is 1. The first-order valence-corrected chi connectivity index (χ1v) is 7.21. The van der Waals surface area contributed by atoms with Crippen LogP contribution in [0.25, 0.3) is 0 Å². The summed E-state index contributed by atoms with van der Waals surface area (Å²) in [5.74, 6) is -1.12. The number of hydrogen-bond donors (Lipinski definition) is 3. The van der Waals surface area contributed by atoms with Gasteiger partial charge in [-0.05, 0) is 50.5 Å². The van der Waals surface area contributed by atoms with Crippen LogP contribution >= 0.6 is 0 Å². The Kier molecular flexibility index (Phi) is 6.37. The summed E-state index contributed by atoms with van der Waals surface area (Å²) in [4.78, 5) is 23.0. The Hall–Kier alpha value is -1.88. The molecule has 0 spiro atoms. The van der Waals surface area contributed by atoms with E-state index < -0.39 is 5.97 Å². The lowest BCUT2D eigenvalue weighted by Crippen LogP contribution is -2.22. The maximum Gasteiger partial charge on any atom is 0.335 e. The van der Waals surface area contributed by atoms with Crippen LogP contribution in [0.5, 0.6) is 0 Å². The highest BCUT2D eigenvalue weighted by Gasteiger charge is 2.14. The molecule has 1 amide bonds. The third kappa shape index (κ3) is 5.55. The minimum atomic E-state index is -0.972. The number of rotatable bonds is 7. The van der Waals surface area contributed by atoms with Crippen molar-refractivity contribution in [2.45, 2.75) is 46.1 Å². The molecule has 0 aliphatic heterocycles. The SMILES string of the molecule is Cc1cc(C(=O)O)ccc1NC(=O)C(C)CCCC(C)N. The number of aryl methyl sites for hydroxylation is 1. The largest absolute Gasteiger partial charge is 0.478 e. The maximum atomic E-state index is 12.1. The predicted molar refractivity (Wildman–Crippen MR) is 83.4 cm³/mol. The summed E-state index contributed by atoms with van der Waals surface area (Å²) >= 11 is 0. The number of carboxylic acid groups (broad SMARTS) is 1. The molecule has 2 atom stereocenters. The molecule has 21 heavy (non-hydrogen) atoms. The molecule has 0 saturated carbocycles. The number of hydrogen-bond acceptors (Lipinski definition) is 3. The van der Waals surface area contributed by atoms with Gasteiger partial charge in [0.05, 0.1) is 5.56 Å². The van der Waals surface area contributed by atoms with E-state index in [1.54, 1.807) is 19.1 Å².